The molecule has 0 spiro atoms. The standard InChI is InChI=1S/C19H21BrIN3OS/c1-2-3-9-25-18-15(10-16(20)11-17(18)21)12-23-24-19(22)26-13-14-7-5-4-6-8-14/h4-8,10-12H,2-3,9,13H2,1H3,(H2,22,24). The highest BCUT2D eigenvalue weighted by atomic mass is 127. The van der Waals surface area contributed by atoms with Gasteiger partial charge in [0.1, 0.15) is 5.75 Å². The van der Waals surface area contributed by atoms with E-state index in [9.17, 15) is 0 Å². The van der Waals surface area contributed by atoms with E-state index in [0.29, 0.717) is 11.8 Å². The Bertz CT molecular complexity index is 769. The molecular formula is C19H21BrIN3OS. The van der Waals surface area contributed by atoms with Gasteiger partial charge in [0.25, 0.3) is 0 Å². The maximum absolute atomic E-state index is 5.94. The number of halogens is 2. The van der Waals surface area contributed by atoms with Crippen molar-refractivity contribution in [3.8, 4) is 5.75 Å². The zero-order valence-corrected chi connectivity index (χ0v) is 19.1. The van der Waals surface area contributed by atoms with E-state index in [2.05, 4.69) is 67.8 Å². The first-order chi connectivity index (χ1) is 12.6. The molecule has 0 heterocycles. The first-order valence-corrected chi connectivity index (χ1v) is 11.1. The van der Waals surface area contributed by atoms with Gasteiger partial charge < -0.3 is 10.5 Å². The number of rotatable bonds is 8. The second kappa shape index (κ2) is 11.6. The van der Waals surface area contributed by atoms with Crippen molar-refractivity contribution in [1.29, 1.82) is 0 Å². The molecule has 4 nitrogen and oxygen atoms in total. The van der Waals surface area contributed by atoms with Crippen LogP contribution in [0.3, 0.4) is 0 Å². The highest BCUT2D eigenvalue weighted by molar-refractivity contribution is 14.1. The fraction of sp³-hybridized carbons (Fsp3) is 0.263. The molecule has 2 N–H and O–H groups in total. The van der Waals surface area contributed by atoms with Crippen molar-refractivity contribution in [2.75, 3.05) is 6.61 Å². The van der Waals surface area contributed by atoms with Crippen LogP contribution in [0.1, 0.15) is 30.9 Å². The first-order valence-electron chi connectivity index (χ1n) is 8.25. The molecule has 0 radical (unpaired) electrons. The number of hydrogen-bond acceptors (Lipinski definition) is 4. The Labute approximate surface area is 181 Å². The van der Waals surface area contributed by atoms with E-state index in [-0.39, 0.29) is 0 Å². The monoisotopic (exact) mass is 545 g/mol. The molecule has 2 rings (SSSR count). The van der Waals surface area contributed by atoms with Gasteiger partial charge in [-0.2, -0.15) is 5.10 Å². The molecular weight excluding hydrogens is 525 g/mol. The Morgan fingerprint density at radius 3 is 2.81 bits per heavy atom. The normalized spacial score (nSPS) is 11.9. The molecule has 0 saturated carbocycles. The molecule has 7 heteroatoms. The van der Waals surface area contributed by atoms with Crippen LogP contribution in [-0.4, -0.2) is 18.0 Å². The molecule has 2 aromatic rings. The summed E-state index contributed by atoms with van der Waals surface area (Å²) < 4.78 is 7.93. The van der Waals surface area contributed by atoms with E-state index >= 15 is 0 Å². The summed E-state index contributed by atoms with van der Waals surface area (Å²) in [7, 11) is 0. The minimum Gasteiger partial charge on any atom is -0.492 e. The summed E-state index contributed by atoms with van der Waals surface area (Å²) in [5.41, 5.74) is 8.02. The van der Waals surface area contributed by atoms with E-state index in [4.69, 9.17) is 10.5 Å². The van der Waals surface area contributed by atoms with Crippen molar-refractivity contribution in [2.24, 2.45) is 15.9 Å². The number of nitrogens with zero attached hydrogens (tertiary/aromatic N) is 2. The van der Waals surface area contributed by atoms with Gasteiger partial charge in [0.2, 0.25) is 0 Å². The first kappa shape index (κ1) is 21.2. The second-order valence-corrected chi connectivity index (χ2v) is 8.54. The average Bonchev–Trinajstić information content (AvgIpc) is 2.63. The predicted molar refractivity (Wildman–Crippen MR) is 124 cm³/mol. The number of amidine groups is 1. The lowest BCUT2D eigenvalue weighted by Gasteiger charge is -2.11. The summed E-state index contributed by atoms with van der Waals surface area (Å²) in [5.74, 6) is 1.60. The maximum atomic E-state index is 5.94. The fourth-order valence-electron chi connectivity index (χ4n) is 2.06. The molecule has 0 aliphatic heterocycles. The minimum atomic E-state index is 0.434. The van der Waals surface area contributed by atoms with Crippen molar-refractivity contribution >= 4 is 61.7 Å². The van der Waals surface area contributed by atoms with Crippen LogP contribution in [0.15, 0.2) is 57.1 Å². The molecule has 0 aliphatic carbocycles. The summed E-state index contributed by atoms with van der Waals surface area (Å²) in [4.78, 5) is 0. The van der Waals surface area contributed by atoms with Crippen LogP contribution in [0.2, 0.25) is 0 Å². The highest BCUT2D eigenvalue weighted by Gasteiger charge is 2.09. The summed E-state index contributed by atoms with van der Waals surface area (Å²) in [6, 6.07) is 14.1. The Morgan fingerprint density at radius 2 is 2.08 bits per heavy atom. The fourth-order valence-corrected chi connectivity index (χ4v) is 4.37. The van der Waals surface area contributed by atoms with Crippen molar-refractivity contribution in [3.05, 3.63) is 61.6 Å². The molecule has 0 bridgehead atoms. The molecule has 0 fully saturated rings. The Balaban J connectivity index is 2.03. The second-order valence-electron chi connectivity index (χ2n) is 5.47. The van der Waals surface area contributed by atoms with Crippen LogP contribution in [0, 0.1) is 3.57 Å². The third-order valence-corrected chi connectivity index (χ3v) is 5.48. The Morgan fingerprint density at radius 1 is 1.31 bits per heavy atom. The van der Waals surface area contributed by atoms with Crippen molar-refractivity contribution < 1.29 is 4.74 Å². The van der Waals surface area contributed by atoms with Crippen LogP contribution < -0.4 is 10.5 Å². The zero-order valence-electron chi connectivity index (χ0n) is 14.5. The lowest BCUT2D eigenvalue weighted by molar-refractivity contribution is 0.307. The van der Waals surface area contributed by atoms with E-state index in [0.717, 1.165) is 38.0 Å². The van der Waals surface area contributed by atoms with Gasteiger partial charge in [-0.15, -0.1) is 5.10 Å². The van der Waals surface area contributed by atoms with Crippen LogP contribution >= 0.6 is 50.3 Å². The summed E-state index contributed by atoms with van der Waals surface area (Å²) in [6.45, 7) is 2.83. The molecule has 2 aromatic carbocycles. The number of unbranched alkanes of at least 4 members (excludes halogenated alkanes) is 1. The minimum absolute atomic E-state index is 0.434. The lowest BCUT2D eigenvalue weighted by Crippen LogP contribution is -2.06. The summed E-state index contributed by atoms with van der Waals surface area (Å²) in [6.07, 6.45) is 3.80. The number of benzene rings is 2. The third kappa shape index (κ3) is 7.28. The van der Waals surface area contributed by atoms with E-state index in [1.807, 2.05) is 30.3 Å². The van der Waals surface area contributed by atoms with Gasteiger partial charge in [-0.05, 0) is 46.7 Å². The molecule has 0 aliphatic rings. The van der Waals surface area contributed by atoms with Gasteiger partial charge in [-0.25, -0.2) is 0 Å². The zero-order chi connectivity index (χ0) is 18.8. The largest absolute Gasteiger partial charge is 0.492 e. The Hall–Kier alpha value is -1.06. The quantitative estimate of drug-likeness (QED) is 0.150. The number of nitrogens with two attached hydrogens (primary N) is 1. The molecule has 0 unspecified atom stereocenters. The Kier molecular flexibility index (Phi) is 9.49. The van der Waals surface area contributed by atoms with Gasteiger partial charge in [0.05, 0.1) is 16.4 Å². The van der Waals surface area contributed by atoms with E-state index in [1.54, 1.807) is 6.21 Å². The van der Waals surface area contributed by atoms with Crippen molar-refractivity contribution in [2.45, 2.75) is 25.5 Å². The van der Waals surface area contributed by atoms with Gasteiger partial charge >= 0.3 is 0 Å². The van der Waals surface area contributed by atoms with Crippen LogP contribution in [0.4, 0.5) is 0 Å². The number of ether oxygens (including phenoxy) is 1. The van der Waals surface area contributed by atoms with Crippen LogP contribution in [0.5, 0.6) is 5.75 Å². The van der Waals surface area contributed by atoms with E-state index in [1.165, 1.54) is 17.3 Å². The molecule has 0 atom stereocenters. The summed E-state index contributed by atoms with van der Waals surface area (Å²) >= 11 is 7.25. The van der Waals surface area contributed by atoms with Gasteiger partial charge in [-0.1, -0.05) is 71.4 Å². The number of hydrogen-bond donors (Lipinski definition) is 1. The number of thioether (sulfide) groups is 1. The van der Waals surface area contributed by atoms with Crippen molar-refractivity contribution in [3.63, 3.8) is 0 Å². The summed E-state index contributed by atoms with van der Waals surface area (Å²) in [5, 5.41) is 8.66. The SMILES string of the molecule is CCCCOc1c(I)cc(Br)cc1C=NN=C(N)SCc1ccccc1. The van der Waals surface area contributed by atoms with Crippen molar-refractivity contribution in [1.82, 2.24) is 0 Å². The van der Waals surface area contributed by atoms with Gasteiger partial charge in [-0.3, -0.25) is 0 Å². The average molecular weight is 546 g/mol. The molecule has 0 saturated heterocycles. The molecule has 0 aromatic heterocycles. The third-order valence-electron chi connectivity index (χ3n) is 3.36. The molecule has 0 amide bonds. The van der Waals surface area contributed by atoms with E-state index < -0.39 is 0 Å². The molecule has 138 valence electrons. The van der Waals surface area contributed by atoms with Crippen LogP contribution in [0.25, 0.3) is 0 Å². The highest BCUT2D eigenvalue weighted by Crippen LogP contribution is 2.29. The topological polar surface area (TPSA) is 60.0 Å². The molecule has 26 heavy (non-hydrogen) atoms. The van der Waals surface area contributed by atoms with Crippen LogP contribution in [-0.2, 0) is 5.75 Å². The smallest absolute Gasteiger partial charge is 0.180 e. The van der Waals surface area contributed by atoms with Gasteiger partial charge in [0.15, 0.2) is 5.17 Å². The lowest BCUT2D eigenvalue weighted by atomic mass is 10.2. The predicted octanol–water partition coefficient (Wildman–Crippen LogP) is 5.81. The van der Waals surface area contributed by atoms with Gasteiger partial charge in [0, 0.05) is 15.8 Å². The maximum Gasteiger partial charge on any atom is 0.180 e.